The minimum atomic E-state index is -1.51. The molecule has 1 fully saturated rings. The molecule has 1 unspecified atom stereocenters. The van der Waals surface area contributed by atoms with Crippen LogP contribution in [0.25, 0.3) is 0 Å². The van der Waals surface area contributed by atoms with E-state index in [1.54, 1.807) is 20.0 Å². The molecule has 108 valence electrons. The van der Waals surface area contributed by atoms with Gasteiger partial charge in [-0.25, -0.2) is 19.1 Å². The number of alkyl halides is 2. The Hall–Kier alpha value is -1.38. The van der Waals surface area contributed by atoms with Gasteiger partial charge in [-0.15, -0.1) is 0 Å². The Morgan fingerprint density at radius 1 is 1.50 bits per heavy atom. The van der Waals surface area contributed by atoms with Crippen molar-refractivity contribution in [3.63, 3.8) is 0 Å². The molecule has 1 aromatic heterocycles. The van der Waals surface area contributed by atoms with E-state index in [2.05, 4.69) is 9.50 Å². The van der Waals surface area contributed by atoms with Crippen LogP contribution in [0.4, 0.5) is 15.0 Å². The van der Waals surface area contributed by atoms with Gasteiger partial charge < -0.3 is 4.90 Å². The number of pyridine rings is 1. The van der Waals surface area contributed by atoms with Crippen LogP contribution in [0.15, 0.2) is 18.3 Å². The highest BCUT2D eigenvalue weighted by Crippen LogP contribution is 2.37. The Labute approximate surface area is 126 Å². The molecule has 0 saturated carbocycles. The molecule has 2 atom stereocenters. The van der Waals surface area contributed by atoms with Crippen LogP contribution in [0.5, 0.6) is 0 Å². The Kier molecular flexibility index (Phi) is 3.90. The lowest BCUT2D eigenvalue weighted by molar-refractivity contribution is -0.119. The molecule has 0 aliphatic carbocycles. The Morgan fingerprint density at radius 2 is 2.15 bits per heavy atom. The number of halogens is 2. The molecule has 1 aliphatic heterocycles. The van der Waals surface area contributed by atoms with Gasteiger partial charge in [-0.05, 0) is 26.0 Å². The molecule has 0 aromatic carbocycles. The number of anilines is 1. The number of likely N-dealkylation sites (N-methyl/N-ethyl adjacent to an activating group) is 1. The molecule has 7 heteroatoms. The van der Waals surface area contributed by atoms with Crippen molar-refractivity contribution in [1.82, 2.24) is 9.88 Å². The highest BCUT2D eigenvalue weighted by Gasteiger charge is 2.42. The fraction of sp³-hybridized carbons (Fsp3) is 0.385. The molecular formula is C13H15FIN3O2. The Bertz CT molecular complexity index is 571. The zero-order chi connectivity index (χ0) is 15.1. The standard InChI is InChI=1S/C13H15FIN3O2/c1-8-11(19)18(12(20)17(8)4)10-7-9(5-6-16-10)13(2,14)15-3/h5-8H,3H2,1-2,4H3/t8-,13?/m0/s1. The van der Waals surface area contributed by atoms with Gasteiger partial charge in [0, 0.05) is 18.8 Å². The largest absolute Gasteiger partial charge is 0.333 e. The van der Waals surface area contributed by atoms with Crippen LogP contribution in [-0.2, 0) is 8.47 Å². The van der Waals surface area contributed by atoms with E-state index in [1.807, 2.05) is 0 Å². The van der Waals surface area contributed by atoms with E-state index in [4.69, 9.17) is 0 Å². The summed E-state index contributed by atoms with van der Waals surface area (Å²) in [6, 6.07) is 2.01. The van der Waals surface area contributed by atoms with E-state index in [0.717, 1.165) is 4.90 Å². The van der Waals surface area contributed by atoms with Crippen molar-refractivity contribution in [2.45, 2.75) is 23.6 Å². The molecule has 0 N–H and O–H groups in total. The number of hydrogen-bond acceptors (Lipinski definition) is 3. The average Bonchev–Trinajstić information content (AvgIpc) is 2.63. The lowest BCUT2D eigenvalue weighted by Crippen LogP contribution is -2.32. The molecule has 0 radical (unpaired) electrons. The topological polar surface area (TPSA) is 53.5 Å². The molecule has 1 saturated heterocycles. The first-order valence-corrected chi connectivity index (χ1v) is 8.55. The number of imide groups is 1. The number of rotatable bonds is 3. The Balaban J connectivity index is 2.45. The number of amides is 3. The third-order valence-electron chi connectivity index (χ3n) is 3.38. The molecule has 1 aliphatic rings. The van der Waals surface area contributed by atoms with Crippen molar-refractivity contribution in [2.75, 3.05) is 11.9 Å². The number of nitrogens with zero attached hydrogens (tertiary/aromatic N) is 3. The van der Waals surface area contributed by atoms with Crippen LogP contribution in [0.2, 0.25) is 0 Å². The summed E-state index contributed by atoms with van der Waals surface area (Å²) >= 11 is -0.927. The summed E-state index contributed by atoms with van der Waals surface area (Å²) in [6.45, 7) is 3.10. The first-order valence-electron chi connectivity index (χ1n) is 5.95. The van der Waals surface area contributed by atoms with Gasteiger partial charge in [-0.1, -0.05) is 25.2 Å². The van der Waals surface area contributed by atoms with E-state index >= 15 is 0 Å². The van der Waals surface area contributed by atoms with E-state index in [0.29, 0.717) is 5.56 Å². The molecule has 3 amide bonds. The van der Waals surface area contributed by atoms with Gasteiger partial charge in [0.2, 0.25) is 0 Å². The number of aromatic nitrogens is 1. The predicted molar refractivity (Wildman–Crippen MR) is 83.9 cm³/mol. The summed E-state index contributed by atoms with van der Waals surface area (Å²) in [5, 5.41) is 0. The smallest absolute Gasteiger partial charge is 0.315 e. The van der Waals surface area contributed by atoms with Crippen LogP contribution >= 0.6 is 20.7 Å². The number of urea groups is 1. The van der Waals surface area contributed by atoms with Crippen LogP contribution in [-0.4, -0.2) is 39.4 Å². The van der Waals surface area contributed by atoms with Gasteiger partial charge in [0.1, 0.15) is 11.9 Å². The van der Waals surface area contributed by atoms with Gasteiger partial charge in [0.15, 0.2) is 3.68 Å². The predicted octanol–water partition coefficient (Wildman–Crippen LogP) is 2.41. The third-order valence-corrected chi connectivity index (χ3v) is 5.44. The van der Waals surface area contributed by atoms with E-state index in [9.17, 15) is 14.0 Å². The summed E-state index contributed by atoms with van der Waals surface area (Å²) in [7, 11) is 1.55. The molecule has 1 aromatic rings. The molecule has 2 heterocycles. The summed E-state index contributed by atoms with van der Waals surface area (Å²) in [5.41, 5.74) is 0.396. The van der Waals surface area contributed by atoms with Crippen molar-refractivity contribution in [3.8, 4) is 0 Å². The summed E-state index contributed by atoms with van der Waals surface area (Å²) < 4.78 is 16.5. The molecule has 0 bridgehead atoms. The van der Waals surface area contributed by atoms with Crippen molar-refractivity contribution < 1.29 is 14.0 Å². The van der Waals surface area contributed by atoms with E-state index in [1.165, 1.54) is 24.1 Å². The fourth-order valence-corrected chi connectivity index (χ4v) is 2.65. The second kappa shape index (κ2) is 5.19. The highest BCUT2D eigenvalue weighted by molar-refractivity contribution is 14.2. The lowest BCUT2D eigenvalue weighted by atomic mass is 10.2. The van der Waals surface area contributed by atoms with E-state index < -0.39 is 36.5 Å². The summed E-state index contributed by atoms with van der Waals surface area (Å²) in [5.74, 6) is -0.193. The number of hydrogen-bond donors (Lipinski definition) is 0. The first kappa shape index (κ1) is 15.0. The van der Waals surface area contributed by atoms with Gasteiger partial charge in [0.25, 0.3) is 5.91 Å². The van der Waals surface area contributed by atoms with Gasteiger partial charge >= 0.3 is 6.03 Å². The van der Waals surface area contributed by atoms with Crippen molar-refractivity contribution in [1.29, 1.82) is 0 Å². The molecule has 5 nitrogen and oxygen atoms in total. The molecule has 0 spiro atoms. The summed E-state index contributed by atoms with van der Waals surface area (Å²) in [4.78, 5) is 30.5. The maximum Gasteiger partial charge on any atom is 0.333 e. The normalized spacial score (nSPS) is 22.3. The zero-order valence-corrected chi connectivity index (χ0v) is 13.6. The number of carbonyl (C=O) groups excluding carboxylic acids is 2. The fourth-order valence-electron chi connectivity index (χ4n) is 1.87. The van der Waals surface area contributed by atoms with Gasteiger partial charge in [-0.3, -0.25) is 4.79 Å². The number of carbonyl (C=O) groups is 2. The minimum Gasteiger partial charge on any atom is -0.315 e. The maximum absolute atomic E-state index is 14.3. The monoisotopic (exact) mass is 391 g/mol. The first-order chi connectivity index (χ1) is 9.29. The molecule has 2 rings (SSSR count). The van der Waals surface area contributed by atoms with E-state index in [-0.39, 0.29) is 11.7 Å². The zero-order valence-electron chi connectivity index (χ0n) is 11.4. The second-order valence-corrected chi connectivity index (χ2v) is 7.46. The van der Waals surface area contributed by atoms with Crippen molar-refractivity contribution in [2.24, 2.45) is 0 Å². The van der Waals surface area contributed by atoms with Crippen LogP contribution in [0, 0.1) is 0 Å². The van der Waals surface area contributed by atoms with Crippen LogP contribution in [0.1, 0.15) is 19.4 Å². The third kappa shape index (κ3) is 2.34. The highest BCUT2D eigenvalue weighted by atomic mass is 127. The second-order valence-electron chi connectivity index (χ2n) is 4.67. The minimum absolute atomic E-state index is 0.162. The maximum atomic E-state index is 14.3. The van der Waals surface area contributed by atoms with Gasteiger partial charge in [0.05, 0.1) is 0 Å². The molecular weight excluding hydrogens is 376 g/mol. The van der Waals surface area contributed by atoms with Crippen LogP contribution < -0.4 is 4.90 Å². The van der Waals surface area contributed by atoms with Crippen molar-refractivity contribution >= 4 is 43.0 Å². The lowest BCUT2D eigenvalue weighted by Gasteiger charge is -2.18. The average molecular weight is 391 g/mol. The van der Waals surface area contributed by atoms with Crippen molar-refractivity contribution in [3.05, 3.63) is 23.9 Å². The SMILES string of the molecule is C=IC(C)(F)c1ccnc(N2C(=O)[C@H](C)N(C)C2=O)c1. The van der Waals surface area contributed by atoms with Gasteiger partial charge in [-0.2, -0.15) is 0 Å². The quantitative estimate of drug-likeness (QED) is 0.452. The van der Waals surface area contributed by atoms with Crippen LogP contribution in [0.3, 0.4) is 0 Å². The molecule has 20 heavy (non-hydrogen) atoms. The summed E-state index contributed by atoms with van der Waals surface area (Å²) in [6.07, 6.45) is 1.41. The Morgan fingerprint density at radius 3 is 2.65 bits per heavy atom.